The number of rotatable bonds is 5. The molecule has 21 heavy (non-hydrogen) atoms. The number of nitrogens with two attached hydrogens (primary N) is 1. The zero-order valence-corrected chi connectivity index (χ0v) is 13.3. The zero-order chi connectivity index (χ0) is 14.8. The molecule has 0 atom stereocenters. The Hall–Kier alpha value is -1.28. The molecule has 0 saturated carbocycles. The van der Waals surface area contributed by atoms with Crippen molar-refractivity contribution in [2.75, 3.05) is 6.54 Å². The monoisotopic (exact) mass is 342 g/mol. The molecule has 0 radical (unpaired) electrons. The lowest BCUT2D eigenvalue weighted by Crippen LogP contribution is -1.99. The van der Waals surface area contributed by atoms with E-state index in [0.29, 0.717) is 33.7 Å². The summed E-state index contributed by atoms with van der Waals surface area (Å²) in [5.74, 6) is 0. The molecule has 1 aromatic carbocycles. The van der Waals surface area contributed by atoms with E-state index in [4.69, 9.17) is 28.9 Å². The van der Waals surface area contributed by atoms with Crippen LogP contribution in [0, 0.1) is 0 Å². The van der Waals surface area contributed by atoms with E-state index >= 15 is 0 Å². The second-order valence-electron chi connectivity index (χ2n) is 4.55. The van der Waals surface area contributed by atoms with Gasteiger partial charge in [0.2, 0.25) is 0 Å². The summed E-state index contributed by atoms with van der Waals surface area (Å²) in [4.78, 5) is 0. The van der Waals surface area contributed by atoms with Gasteiger partial charge in [-0.15, -0.1) is 5.10 Å². The van der Waals surface area contributed by atoms with Gasteiger partial charge >= 0.3 is 0 Å². The van der Waals surface area contributed by atoms with Crippen molar-refractivity contribution in [3.05, 3.63) is 28.0 Å². The van der Waals surface area contributed by atoms with Gasteiger partial charge in [-0.25, -0.2) is 4.68 Å². The summed E-state index contributed by atoms with van der Waals surface area (Å²) in [5.41, 5.74) is 8.30. The van der Waals surface area contributed by atoms with E-state index in [1.165, 1.54) is 0 Å². The quantitative estimate of drug-likeness (QED) is 0.719. The maximum atomic E-state index is 6.28. The third-order valence-electron chi connectivity index (χ3n) is 3.08. The highest BCUT2D eigenvalue weighted by atomic mass is 35.5. The molecule has 2 heterocycles. The largest absolute Gasteiger partial charge is 0.330 e. The number of benzene rings is 1. The second-order valence-corrected chi connectivity index (χ2v) is 5.89. The Morgan fingerprint density at radius 3 is 2.76 bits per heavy atom. The van der Waals surface area contributed by atoms with Crippen molar-refractivity contribution >= 4 is 45.9 Å². The number of aryl methyl sites for hydroxylation is 1. The third kappa shape index (κ3) is 2.87. The minimum atomic E-state index is 0.471. The van der Waals surface area contributed by atoms with Crippen molar-refractivity contribution in [1.82, 2.24) is 15.0 Å². The molecule has 0 spiro atoms. The third-order valence-corrected chi connectivity index (χ3v) is 4.18. The first-order chi connectivity index (χ1) is 10.2. The fourth-order valence-electron chi connectivity index (χ4n) is 2.05. The van der Waals surface area contributed by atoms with Crippen molar-refractivity contribution in [1.29, 1.82) is 0 Å². The van der Waals surface area contributed by atoms with Crippen molar-refractivity contribution in [3.63, 3.8) is 0 Å². The van der Waals surface area contributed by atoms with Crippen LogP contribution in [-0.2, 0) is 17.8 Å². The lowest BCUT2D eigenvalue weighted by Gasteiger charge is -2.08. The minimum absolute atomic E-state index is 0.471. The van der Waals surface area contributed by atoms with Gasteiger partial charge in [0.1, 0.15) is 17.1 Å². The van der Waals surface area contributed by atoms with Crippen LogP contribution in [0.4, 0.5) is 11.4 Å². The fourth-order valence-corrected chi connectivity index (χ4v) is 3.25. The molecule has 1 aromatic heterocycles. The van der Waals surface area contributed by atoms with Crippen LogP contribution in [0.15, 0.2) is 21.0 Å². The number of hydrogen-bond donors (Lipinski definition) is 1. The van der Waals surface area contributed by atoms with Crippen LogP contribution < -0.4 is 5.73 Å². The van der Waals surface area contributed by atoms with E-state index in [1.807, 2.05) is 6.20 Å². The molecular weight excluding hydrogens is 331 g/mol. The molecule has 0 unspecified atom stereocenters. The van der Waals surface area contributed by atoms with E-state index in [1.54, 1.807) is 10.7 Å². The lowest BCUT2D eigenvalue weighted by molar-refractivity contribution is 0.727. The molecule has 1 aliphatic heterocycles. The van der Waals surface area contributed by atoms with Crippen LogP contribution in [0.5, 0.6) is 0 Å². The van der Waals surface area contributed by atoms with Crippen LogP contribution in [0.2, 0.25) is 10.0 Å². The zero-order valence-electron chi connectivity index (χ0n) is 11.0. The first kappa shape index (κ1) is 14.6. The number of aromatic nitrogens is 3. The Labute approximate surface area is 135 Å². The second kappa shape index (κ2) is 6.23. The predicted molar refractivity (Wildman–Crippen MR) is 84.9 cm³/mol. The smallest absolute Gasteiger partial charge is 0.133 e. The molecule has 2 N–H and O–H groups in total. The highest BCUT2D eigenvalue weighted by Crippen LogP contribution is 2.46. The Morgan fingerprint density at radius 1 is 1.14 bits per heavy atom. The molecule has 2 aromatic rings. The van der Waals surface area contributed by atoms with Crippen molar-refractivity contribution < 1.29 is 0 Å². The van der Waals surface area contributed by atoms with Crippen molar-refractivity contribution in [2.24, 2.45) is 14.5 Å². The van der Waals surface area contributed by atoms with Crippen LogP contribution in [0.25, 0.3) is 5.69 Å². The summed E-state index contributed by atoms with van der Waals surface area (Å²) in [5, 5.41) is 9.24. The van der Waals surface area contributed by atoms with Crippen LogP contribution >= 0.6 is 23.2 Å². The number of halogens is 2. The number of unbranched alkanes of at least 4 members (excludes halogenated alkanes) is 1. The van der Waals surface area contributed by atoms with Gasteiger partial charge in [0, 0.05) is 0 Å². The first-order valence-electron chi connectivity index (χ1n) is 6.42. The van der Waals surface area contributed by atoms with E-state index in [-0.39, 0.29) is 0 Å². The molecule has 0 aliphatic carbocycles. The topological polar surface area (TPSA) is 81.5 Å². The molecule has 0 saturated heterocycles. The minimum Gasteiger partial charge on any atom is -0.330 e. The number of hydrogen-bond acceptors (Lipinski definition) is 5. The van der Waals surface area contributed by atoms with E-state index in [0.717, 1.165) is 36.3 Å². The van der Waals surface area contributed by atoms with Crippen molar-refractivity contribution in [2.45, 2.75) is 19.3 Å². The van der Waals surface area contributed by atoms with Gasteiger partial charge in [-0.1, -0.05) is 28.4 Å². The van der Waals surface area contributed by atoms with Gasteiger partial charge in [-0.2, -0.15) is 8.73 Å². The average molecular weight is 343 g/mol. The molecule has 6 nitrogen and oxygen atoms in total. The normalized spacial score (nSPS) is 12.5. The summed E-state index contributed by atoms with van der Waals surface area (Å²) >= 11 is 13.5. The Balaban J connectivity index is 1.95. The Kier molecular flexibility index (Phi) is 4.34. The number of nitrogens with zero attached hydrogens (tertiary/aromatic N) is 5. The van der Waals surface area contributed by atoms with E-state index in [2.05, 4.69) is 19.0 Å². The Morgan fingerprint density at radius 2 is 1.95 bits per heavy atom. The lowest BCUT2D eigenvalue weighted by atomic mass is 10.2. The Bertz CT molecular complexity index is 750. The van der Waals surface area contributed by atoms with Gasteiger partial charge in [0.05, 0.1) is 33.3 Å². The van der Waals surface area contributed by atoms with Gasteiger partial charge in [0.25, 0.3) is 0 Å². The highest BCUT2D eigenvalue weighted by molar-refractivity contribution is 7.58. The van der Waals surface area contributed by atoms with Gasteiger partial charge < -0.3 is 5.73 Å². The summed E-state index contributed by atoms with van der Waals surface area (Å²) in [6, 6.07) is 1.65. The summed E-state index contributed by atoms with van der Waals surface area (Å²) in [7, 11) is 0. The summed E-state index contributed by atoms with van der Waals surface area (Å²) < 4.78 is 10.1. The van der Waals surface area contributed by atoms with Crippen molar-refractivity contribution in [3.8, 4) is 5.69 Å². The summed E-state index contributed by atoms with van der Waals surface area (Å²) in [6.45, 7) is 0.683. The van der Waals surface area contributed by atoms with Gasteiger partial charge in [-0.05, 0) is 31.9 Å². The SMILES string of the molecule is NCCCCc1cn(-c2c(Cl)cc(Cl)c3c2N=S=N3)nn1. The maximum absolute atomic E-state index is 6.28. The fraction of sp³-hybridized carbons (Fsp3) is 0.333. The van der Waals surface area contributed by atoms with Gasteiger partial charge in [-0.3, -0.25) is 0 Å². The molecule has 3 rings (SSSR count). The van der Waals surface area contributed by atoms with Gasteiger partial charge in [0.15, 0.2) is 0 Å². The van der Waals surface area contributed by atoms with E-state index in [9.17, 15) is 0 Å². The van der Waals surface area contributed by atoms with Crippen LogP contribution in [0.3, 0.4) is 0 Å². The molecular formula is C12H12Cl2N6S. The average Bonchev–Trinajstić information content (AvgIpc) is 3.09. The molecule has 110 valence electrons. The number of fused-ring (bicyclic) bond motifs is 1. The summed E-state index contributed by atoms with van der Waals surface area (Å²) in [6.07, 6.45) is 4.64. The molecule has 0 bridgehead atoms. The molecule has 9 heteroatoms. The predicted octanol–water partition coefficient (Wildman–Crippen LogP) is 3.58. The standard InChI is InChI=1S/C12H12Cl2N6S/c13-8-5-9(14)12(11-10(8)17-21-18-11)20-6-7(16-19-20)3-1-2-4-15/h5-6H,1-4,15H2. The molecule has 1 aliphatic rings. The van der Waals surface area contributed by atoms with Crippen LogP contribution in [0.1, 0.15) is 18.5 Å². The van der Waals surface area contributed by atoms with Crippen LogP contribution in [-0.4, -0.2) is 21.5 Å². The van der Waals surface area contributed by atoms with E-state index < -0.39 is 0 Å². The first-order valence-corrected chi connectivity index (χ1v) is 7.91. The maximum Gasteiger partial charge on any atom is 0.133 e. The highest BCUT2D eigenvalue weighted by Gasteiger charge is 2.21. The molecule has 0 amide bonds. The molecule has 0 fully saturated rings.